The van der Waals surface area contributed by atoms with Crippen LogP contribution in [0.25, 0.3) is 0 Å². The van der Waals surface area contributed by atoms with Crippen molar-refractivity contribution in [3.8, 4) is 0 Å². The highest BCUT2D eigenvalue weighted by molar-refractivity contribution is 5.71. The number of esters is 1. The van der Waals surface area contributed by atoms with Crippen LogP contribution in [0.2, 0.25) is 0 Å². The van der Waals surface area contributed by atoms with Gasteiger partial charge in [-0.25, -0.2) is 8.78 Å². The zero-order valence-electron chi connectivity index (χ0n) is 12.0. The van der Waals surface area contributed by atoms with Crippen molar-refractivity contribution in [1.82, 2.24) is 0 Å². The van der Waals surface area contributed by atoms with Crippen molar-refractivity contribution in [2.75, 3.05) is 0 Å². The van der Waals surface area contributed by atoms with E-state index in [1.54, 1.807) is 34.6 Å². The van der Waals surface area contributed by atoms with E-state index < -0.39 is 17.2 Å². The number of ether oxygens (including phenoxy) is 1. The molecule has 1 rings (SSSR count). The molecule has 0 heterocycles. The highest BCUT2D eigenvalue weighted by atomic mass is 19.1. The molecule has 0 saturated carbocycles. The Morgan fingerprint density at radius 1 is 1.32 bits per heavy atom. The fourth-order valence-corrected chi connectivity index (χ4v) is 2.07. The third kappa shape index (κ3) is 4.62. The van der Waals surface area contributed by atoms with Crippen molar-refractivity contribution in [3.63, 3.8) is 0 Å². The Morgan fingerprint density at radius 3 is 2.37 bits per heavy atom. The molecule has 1 unspecified atom stereocenters. The highest BCUT2D eigenvalue weighted by Gasteiger charge is 2.22. The molecule has 0 aliphatic rings. The van der Waals surface area contributed by atoms with Crippen LogP contribution in [0.4, 0.5) is 8.78 Å². The predicted molar refractivity (Wildman–Crippen MR) is 70.0 cm³/mol. The molecule has 106 valence electrons. The first-order valence-electron chi connectivity index (χ1n) is 6.27. The average Bonchev–Trinajstić information content (AvgIpc) is 2.10. The minimum Gasteiger partial charge on any atom is -0.460 e. The second-order valence-electron chi connectivity index (χ2n) is 5.81. The molecule has 1 aromatic rings. The zero-order valence-corrected chi connectivity index (χ0v) is 12.0. The number of hydrogen-bond donors (Lipinski definition) is 0. The lowest BCUT2D eigenvalue weighted by Crippen LogP contribution is -2.24. The smallest absolute Gasteiger partial charge is 0.306 e. The fourth-order valence-electron chi connectivity index (χ4n) is 2.07. The summed E-state index contributed by atoms with van der Waals surface area (Å²) in [5.41, 5.74) is 0.313. The monoisotopic (exact) mass is 270 g/mol. The number of carbonyl (C=O) groups excluding carboxylic acids is 1. The minimum atomic E-state index is -0.617. The molecular formula is C15H20F2O2. The van der Waals surface area contributed by atoms with Crippen LogP contribution >= 0.6 is 0 Å². The van der Waals surface area contributed by atoms with Gasteiger partial charge in [0.05, 0.1) is 6.42 Å². The Balaban J connectivity index is 2.85. The number of hydrogen-bond acceptors (Lipinski definition) is 2. The van der Waals surface area contributed by atoms with Crippen LogP contribution in [0.3, 0.4) is 0 Å². The van der Waals surface area contributed by atoms with Crippen molar-refractivity contribution >= 4 is 5.97 Å². The van der Waals surface area contributed by atoms with E-state index in [9.17, 15) is 13.6 Å². The largest absolute Gasteiger partial charge is 0.460 e. The van der Waals surface area contributed by atoms with Gasteiger partial charge < -0.3 is 4.74 Å². The van der Waals surface area contributed by atoms with Gasteiger partial charge in [0.2, 0.25) is 0 Å². The molecular weight excluding hydrogens is 250 g/mol. The van der Waals surface area contributed by atoms with Crippen LogP contribution in [0.5, 0.6) is 0 Å². The molecule has 0 saturated heterocycles. The van der Waals surface area contributed by atoms with E-state index >= 15 is 0 Å². The van der Waals surface area contributed by atoms with Gasteiger partial charge in [0, 0.05) is 6.07 Å². The third-order valence-corrected chi connectivity index (χ3v) is 2.69. The summed E-state index contributed by atoms with van der Waals surface area (Å²) in [7, 11) is 0. The van der Waals surface area contributed by atoms with E-state index in [-0.39, 0.29) is 18.3 Å². The first-order chi connectivity index (χ1) is 8.60. The van der Waals surface area contributed by atoms with Crippen molar-refractivity contribution in [2.24, 2.45) is 0 Å². The molecule has 0 bridgehead atoms. The second-order valence-corrected chi connectivity index (χ2v) is 5.81. The maximum atomic E-state index is 13.8. The Morgan fingerprint density at radius 2 is 1.89 bits per heavy atom. The fraction of sp³-hybridized carbons (Fsp3) is 0.533. The topological polar surface area (TPSA) is 26.3 Å². The van der Waals surface area contributed by atoms with Crippen molar-refractivity contribution in [2.45, 2.75) is 52.6 Å². The molecule has 2 nitrogen and oxygen atoms in total. The molecule has 1 aromatic carbocycles. The van der Waals surface area contributed by atoms with Crippen molar-refractivity contribution in [1.29, 1.82) is 0 Å². The summed E-state index contributed by atoms with van der Waals surface area (Å²) in [5.74, 6) is -1.96. The zero-order chi connectivity index (χ0) is 14.8. The van der Waals surface area contributed by atoms with E-state index in [4.69, 9.17) is 4.74 Å². The molecule has 19 heavy (non-hydrogen) atoms. The van der Waals surface area contributed by atoms with Gasteiger partial charge in [0.25, 0.3) is 0 Å². The van der Waals surface area contributed by atoms with Gasteiger partial charge in [-0.2, -0.15) is 0 Å². The van der Waals surface area contributed by atoms with Crippen LogP contribution < -0.4 is 0 Å². The van der Waals surface area contributed by atoms with Crippen LogP contribution in [-0.2, 0) is 9.53 Å². The lowest BCUT2D eigenvalue weighted by Gasteiger charge is -2.21. The number of benzene rings is 1. The van der Waals surface area contributed by atoms with Gasteiger partial charge >= 0.3 is 5.97 Å². The molecule has 0 aliphatic carbocycles. The summed E-state index contributed by atoms with van der Waals surface area (Å²) < 4.78 is 32.0. The molecule has 0 N–H and O–H groups in total. The van der Waals surface area contributed by atoms with Crippen LogP contribution in [0.15, 0.2) is 12.1 Å². The first-order valence-corrected chi connectivity index (χ1v) is 6.27. The maximum Gasteiger partial charge on any atom is 0.306 e. The van der Waals surface area contributed by atoms with Gasteiger partial charge in [-0.15, -0.1) is 0 Å². The Kier molecular flexibility index (Phi) is 4.66. The lowest BCUT2D eigenvalue weighted by molar-refractivity contribution is -0.155. The number of rotatable bonds is 3. The van der Waals surface area contributed by atoms with Gasteiger partial charge in [-0.1, -0.05) is 6.92 Å². The predicted octanol–water partition coefficient (Wildman–Crippen LogP) is 4.11. The molecule has 0 radical (unpaired) electrons. The number of halogens is 2. The lowest BCUT2D eigenvalue weighted by atomic mass is 9.93. The summed E-state index contributed by atoms with van der Waals surface area (Å²) in [6, 6.07) is 2.11. The van der Waals surface area contributed by atoms with Crippen LogP contribution in [0.1, 0.15) is 51.2 Å². The normalized spacial score (nSPS) is 13.2. The van der Waals surface area contributed by atoms with E-state index in [0.29, 0.717) is 11.1 Å². The van der Waals surface area contributed by atoms with E-state index in [1.807, 2.05) is 0 Å². The summed E-state index contributed by atoms with van der Waals surface area (Å²) in [6.45, 7) is 8.69. The molecule has 0 aliphatic heterocycles. The van der Waals surface area contributed by atoms with E-state index in [2.05, 4.69) is 0 Å². The highest BCUT2D eigenvalue weighted by Crippen LogP contribution is 2.27. The van der Waals surface area contributed by atoms with Gasteiger partial charge in [-0.3, -0.25) is 4.79 Å². The maximum absolute atomic E-state index is 13.8. The average molecular weight is 270 g/mol. The summed E-state index contributed by atoms with van der Waals surface area (Å²) >= 11 is 0. The Labute approximate surface area is 112 Å². The summed E-state index contributed by atoms with van der Waals surface area (Å²) in [6.07, 6.45) is 0.0701. The van der Waals surface area contributed by atoms with Gasteiger partial charge in [0.1, 0.15) is 17.2 Å². The minimum absolute atomic E-state index is 0.0701. The standard InChI is InChI=1S/C15H20F2O2/c1-9-6-11(16)8-12(17)14(9)10(2)7-13(18)19-15(3,4)5/h6,8,10H,7H2,1-5H3. The Hall–Kier alpha value is -1.45. The van der Waals surface area contributed by atoms with Crippen molar-refractivity contribution < 1.29 is 18.3 Å². The molecule has 0 spiro atoms. The van der Waals surface area contributed by atoms with Crippen molar-refractivity contribution in [3.05, 3.63) is 34.9 Å². The summed E-state index contributed by atoms with van der Waals surface area (Å²) in [4.78, 5) is 11.7. The molecule has 4 heteroatoms. The van der Waals surface area contributed by atoms with E-state index in [0.717, 1.165) is 6.07 Å². The third-order valence-electron chi connectivity index (χ3n) is 2.69. The Bertz CT molecular complexity index is 453. The number of carbonyl (C=O) groups is 1. The van der Waals surface area contributed by atoms with E-state index in [1.165, 1.54) is 6.07 Å². The van der Waals surface area contributed by atoms with Gasteiger partial charge in [0.15, 0.2) is 0 Å². The molecule has 1 atom stereocenters. The molecule has 0 amide bonds. The first kappa shape index (κ1) is 15.6. The van der Waals surface area contributed by atoms with Gasteiger partial charge in [-0.05, 0) is 50.8 Å². The quantitative estimate of drug-likeness (QED) is 0.773. The molecule has 0 fully saturated rings. The second kappa shape index (κ2) is 5.68. The van der Waals surface area contributed by atoms with Crippen LogP contribution in [0, 0.1) is 18.6 Å². The SMILES string of the molecule is Cc1cc(F)cc(F)c1C(C)CC(=O)OC(C)(C)C. The number of aryl methyl sites for hydroxylation is 1. The molecule has 0 aromatic heterocycles. The summed E-state index contributed by atoms with van der Waals surface area (Å²) in [5, 5.41) is 0. The van der Waals surface area contributed by atoms with Crippen LogP contribution in [-0.4, -0.2) is 11.6 Å².